The van der Waals surface area contributed by atoms with Gasteiger partial charge in [0.2, 0.25) is 0 Å². The summed E-state index contributed by atoms with van der Waals surface area (Å²) in [5.41, 5.74) is 14.8. The second kappa shape index (κ2) is 18.4. The summed E-state index contributed by atoms with van der Waals surface area (Å²) in [6.45, 7) is 9.47. The van der Waals surface area contributed by atoms with Crippen LogP contribution >= 0.6 is 0 Å². The lowest BCUT2D eigenvalue weighted by molar-refractivity contribution is 0.211. The van der Waals surface area contributed by atoms with E-state index in [1.54, 1.807) is 0 Å². The summed E-state index contributed by atoms with van der Waals surface area (Å²) in [6, 6.07) is 3.63. The average Bonchev–Trinajstić information content (AvgIpc) is 3.73. The van der Waals surface area contributed by atoms with Crippen LogP contribution in [0.2, 0.25) is 0 Å². The molecule has 1 aliphatic rings. The molecule has 11 nitrogen and oxygen atoms in total. The monoisotopic (exact) mass is 701 g/mol. The molecule has 0 aliphatic carbocycles. The quantitative estimate of drug-likeness (QED) is 0.0643. The number of aliphatic imine (C=N–C) groups is 2. The van der Waals surface area contributed by atoms with E-state index >= 15 is 0 Å². The molecule has 1 aromatic carbocycles. The third-order valence-corrected chi connectivity index (χ3v) is 9.82. The van der Waals surface area contributed by atoms with Crippen LogP contribution in [0.3, 0.4) is 0 Å². The van der Waals surface area contributed by atoms with Gasteiger partial charge in [-0.05, 0) is 85.8 Å². The summed E-state index contributed by atoms with van der Waals surface area (Å²) in [7, 11) is 0. The van der Waals surface area contributed by atoms with Crippen LogP contribution in [0.5, 0.6) is 11.5 Å². The molecule has 6 bridgehead atoms. The van der Waals surface area contributed by atoms with Gasteiger partial charge in [0.25, 0.3) is 0 Å². The third kappa shape index (κ3) is 8.84. The largest absolute Gasteiger partial charge is 0.490 e. The molecule has 5 rings (SSSR count). The lowest BCUT2D eigenvalue weighted by atomic mass is 9.97. The second-order valence-corrected chi connectivity index (χ2v) is 13.2. The minimum atomic E-state index is 0.00211. The van der Waals surface area contributed by atoms with Gasteiger partial charge in [-0.2, -0.15) is 0 Å². The van der Waals surface area contributed by atoms with Crippen molar-refractivity contribution in [2.45, 2.75) is 91.9 Å². The fourth-order valence-corrected chi connectivity index (χ4v) is 7.13. The Morgan fingerprint density at radius 1 is 0.569 bits per heavy atom. The van der Waals surface area contributed by atoms with Crippen molar-refractivity contribution < 1.29 is 29.9 Å². The standard InChI is InChI=1S/C40H55N5O6/c1-5-27-28(6-2)32-20-34-30(12-8-14-47)26(4)38(45-34)24-42-36-22-40(51-18-10-16-49)39(50-17-9-15-48)21-35(36)41-23-37-25(3)29(11-7-13-46)33(44-37)19-31(27)43-32/h21-24,43-49H,5-20H2,1-4H3. The van der Waals surface area contributed by atoms with Crippen LogP contribution in [-0.2, 0) is 38.5 Å². The molecule has 0 radical (unpaired) electrons. The molecule has 0 saturated heterocycles. The number of hydrogen-bond donors (Lipinski definition) is 7. The molecule has 0 amide bonds. The van der Waals surface area contributed by atoms with Crippen LogP contribution in [0.4, 0.5) is 11.4 Å². The topological polar surface area (TPSA) is 171 Å². The Balaban J connectivity index is 1.73. The molecule has 1 aliphatic heterocycles. The molecule has 0 spiro atoms. The SMILES string of the molecule is CCc1c2[nH]c(c1CC)Cc1[nH]c(c(C)c1CCCO)C=Nc1cc(OCCCO)c(OCCCO)cc1N=Cc1[nH]c(c(CCCO)c1C)C2. The van der Waals surface area contributed by atoms with Gasteiger partial charge in [0.1, 0.15) is 0 Å². The van der Waals surface area contributed by atoms with Crippen molar-refractivity contribution in [2.75, 3.05) is 39.6 Å². The van der Waals surface area contributed by atoms with Crippen LogP contribution < -0.4 is 9.47 Å². The van der Waals surface area contributed by atoms with Crippen molar-refractivity contribution >= 4 is 23.8 Å². The first-order valence-electron chi connectivity index (χ1n) is 18.4. The third-order valence-electron chi connectivity index (χ3n) is 9.82. The van der Waals surface area contributed by atoms with Crippen molar-refractivity contribution in [1.29, 1.82) is 0 Å². The predicted molar refractivity (Wildman–Crippen MR) is 202 cm³/mol. The number of benzene rings is 1. The summed E-state index contributed by atoms with van der Waals surface area (Å²) >= 11 is 0. The molecule has 276 valence electrons. The maximum Gasteiger partial charge on any atom is 0.163 e. The van der Waals surface area contributed by atoms with Crippen LogP contribution in [-0.4, -0.2) is 87.4 Å². The lowest BCUT2D eigenvalue weighted by Crippen LogP contribution is -2.04. The summed E-state index contributed by atoms with van der Waals surface area (Å²) in [5, 5.41) is 38.3. The van der Waals surface area contributed by atoms with E-state index in [9.17, 15) is 20.4 Å². The van der Waals surface area contributed by atoms with E-state index in [1.807, 2.05) is 24.6 Å². The van der Waals surface area contributed by atoms with Gasteiger partial charge in [0.15, 0.2) is 11.5 Å². The first-order valence-corrected chi connectivity index (χ1v) is 18.4. The molecule has 7 N–H and O–H groups in total. The number of rotatable bonds is 16. The number of nitrogens with zero attached hydrogens (tertiary/aromatic N) is 2. The van der Waals surface area contributed by atoms with E-state index in [0.29, 0.717) is 74.6 Å². The Hall–Kier alpha value is -4.16. The molecular weight excluding hydrogens is 646 g/mol. The molecular formula is C40H55N5O6. The predicted octanol–water partition coefficient (Wildman–Crippen LogP) is 5.78. The molecule has 3 aromatic heterocycles. The molecule has 4 aromatic rings. The van der Waals surface area contributed by atoms with Crippen molar-refractivity contribution in [3.63, 3.8) is 0 Å². The molecule has 0 saturated carbocycles. The highest BCUT2D eigenvalue weighted by Crippen LogP contribution is 2.41. The number of nitrogens with one attached hydrogen (secondary N) is 3. The smallest absolute Gasteiger partial charge is 0.163 e. The van der Waals surface area contributed by atoms with Crippen LogP contribution in [0.15, 0.2) is 22.1 Å². The lowest BCUT2D eigenvalue weighted by Gasteiger charge is -2.14. The molecule has 0 unspecified atom stereocenters. The minimum absolute atomic E-state index is 0.00211. The number of aromatic amines is 3. The maximum absolute atomic E-state index is 9.76. The van der Waals surface area contributed by atoms with E-state index in [0.717, 1.165) is 59.6 Å². The van der Waals surface area contributed by atoms with Gasteiger partial charge < -0.3 is 44.9 Å². The highest BCUT2D eigenvalue weighted by molar-refractivity contribution is 5.88. The van der Waals surface area contributed by atoms with Crippen LogP contribution in [0.1, 0.15) is 107 Å². The molecule has 11 heteroatoms. The first kappa shape index (κ1) is 38.1. The number of aliphatic hydroxyl groups is 4. The fraction of sp³-hybridized carbons (Fsp3) is 0.500. The van der Waals surface area contributed by atoms with E-state index in [-0.39, 0.29) is 26.4 Å². The Morgan fingerprint density at radius 2 is 0.961 bits per heavy atom. The molecule has 0 fully saturated rings. The first-order chi connectivity index (χ1) is 24.9. The maximum atomic E-state index is 9.76. The van der Waals surface area contributed by atoms with Crippen molar-refractivity contribution in [3.8, 4) is 11.5 Å². The zero-order chi connectivity index (χ0) is 36.3. The zero-order valence-corrected chi connectivity index (χ0v) is 30.6. The summed E-state index contributed by atoms with van der Waals surface area (Å²) in [6.07, 6.45) is 10.6. The van der Waals surface area contributed by atoms with Gasteiger partial charge in [0, 0.05) is 87.0 Å². The van der Waals surface area contributed by atoms with Gasteiger partial charge in [-0.1, -0.05) is 13.8 Å². The average molecular weight is 702 g/mol. The van der Waals surface area contributed by atoms with Crippen molar-refractivity contribution in [3.05, 3.63) is 79.7 Å². The molecule has 4 heterocycles. The van der Waals surface area contributed by atoms with E-state index < -0.39 is 0 Å². The van der Waals surface area contributed by atoms with Gasteiger partial charge in [0.05, 0.1) is 48.4 Å². The Bertz CT molecular complexity index is 1690. The highest BCUT2D eigenvalue weighted by Gasteiger charge is 2.22. The van der Waals surface area contributed by atoms with Crippen LogP contribution in [0.25, 0.3) is 0 Å². The summed E-state index contributed by atoms with van der Waals surface area (Å²) in [4.78, 5) is 21.2. The van der Waals surface area contributed by atoms with Gasteiger partial charge >= 0.3 is 0 Å². The number of ether oxygens (including phenoxy) is 2. The number of aromatic nitrogens is 3. The molecule has 0 atom stereocenters. The Kier molecular flexibility index (Phi) is 13.7. The normalized spacial score (nSPS) is 12.7. The molecule has 51 heavy (non-hydrogen) atoms. The van der Waals surface area contributed by atoms with E-state index in [4.69, 9.17) is 19.5 Å². The highest BCUT2D eigenvalue weighted by atomic mass is 16.5. The Morgan fingerprint density at radius 3 is 1.33 bits per heavy atom. The summed E-state index contributed by atoms with van der Waals surface area (Å²) in [5.74, 6) is 0.966. The van der Waals surface area contributed by atoms with Crippen LogP contribution in [0, 0.1) is 13.8 Å². The number of hydrogen-bond acceptors (Lipinski definition) is 8. The second-order valence-electron chi connectivity index (χ2n) is 13.2. The number of H-pyrrole nitrogens is 3. The van der Waals surface area contributed by atoms with E-state index in [2.05, 4.69) is 42.6 Å². The number of fused-ring (bicyclic) bond motifs is 7. The van der Waals surface area contributed by atoms with Gasteiger partial charge in [-0.25, -0.2) is 0 Å². The van der Waals surface area contributed by atoms with Gasteiger partial charge in [-0.3, -0.25) is 9.98 Å². The summed E-state index contributed by atoms with van der Waals surface area (Å²) < 4.78 is 12.1. The van der Waals surface area contributed by atoms with Gasteiger partial charge in [-0.15, -0.1) is 0 Å². The van der Waals surface area contributed by atoms with E-state index in [1.165, 1.54) is 33.6 Å². The number of aliphatic hydroxyl groups excluding tert-OH is 4. The fourth-order valence-electron chi connectivity index (χ4n) is 7.13. The zero-order valence-electron chi connectivity index (χ0n) is 30.6. The minimum Gasteiger partial charge on any atom is -0.490 e. The Labute approximate surface area is 300 Å². The van der Waals surface area contributed by atoms with Crippen molar-refractivity contribution in [2.24, 2.45) is 9.98 Å². The van der Waals surface area contributed by atoms with Crippen molar-refractivity contribution in [1.82, 2.24) is 15.0 Å².